The lowest BCUT2D eigenvalue weighted by Crippen LogP contribution is -1.98. The molecule has 0 fully saturated rings. The van der Waals surface area contributed by atoms with Crippen LogP contribution in [0.2, 0.25) is 0 Å². The van der Waals surface area contributed by atoms with Crippen LogP contribution < -0.4 is 0 Å². The summed E-state index contributed by atoms with van der Waals surface area (Å²) in [7, 11) is 0. The van der Waals surface area contributed by atoms with E-state index in [0.29, 0.717) is 13.2 Å². The Balaban J connectivity index is 0.000000637. The summed E-state index contributed by atoms with van der Waals surface area (Å²) < 4.78 is 5.36. The van der Waals surface area contributed by atoms with Gasteiger partial charge >= 0.3 is 0 Å². The van der Waals surface area contributed by atoms with Crippen molar-refractivity contribution in [2.75, 3.05) is 6.61 Å². The topological polar surface area (TPSA) is 50.8 Å². The Morgan fingerprint density at radius 2 is 2.21 bits per heavy atom. The Morgan fingerprint density at radius 3 is 3.00 bits per heavy atom. The summed E-state index contributed by atoms with van der Waals surface area (Å²) in [4.78, 5) is 12.3. The third-order valence-electron chi connectivity index (χ3n) is 2.97. The molecular weight excluding hydrogens is 238 g/mol. The maximum Gasteiger partial charge on any atom is 0.133 e. The molecule has 2 aromatic heterocycles. The van der Waals surface area contributed by atoms with E-state index in [1.54, 1.807) is 0 Å². The molecule has 0 saturated heterocycles. The van der Waals surface area contributed by atoms with Crippen molar-refractivity contribution in [1.29, 1.82) is 0 Å². The predicted molar refractivity (Wildman–Crippen MR) is 77.9 cm³/mol. The van der Waals surface area contributed by atoms with Crippen LogP contribution in [0.5, 0.6) is 0 Å². The Hall–Kier alpha value is -1.68. The highest BCUT2D eigenvalue weighted by molar-refractivity contribution is 5.85. The van der Waals surface area contributed by atoms with Gasteiger partial charge in [0.15, 0.2) is 0 Å². The Kier molecular flexibility index (Phi) is 4.68. The van der Waals surface area contributed by atoms with Gasteiger partial charge in [-0.05, 0) is 19.8 Å². The van der Waals surface area contributed by atoms with Crippen LogP contribution in [0.15, 0.2) is 12.3 Å². The van der Waals surface area contributed by atoms with Crippen molar-refractivity contribution in [3.8, 4) is 0 Å². The lowest BCUT2D eigenvalue weighted by molar-refractivity contribution is 0.129. The number of allylic oxidation sites excluding steroid dienone is 1. The maximum absolute atomic E-state index is 5.36. The average Bonchev–Trinajstić information content (AvgIpc) is 2.90. The zero-order valence-corrected chi connectivity index (χ0v) is 11.9. The van der Waals surface area contributed by atoms with E-state index in [1.807, 2.05) is 27.0 Å². The molecule has 4 nitrogen and oxygen atoms in total. The third kappa shape index (κ3) is 2.84. The molecule has 0 aromatic carbocycles. The van der Waals surface area contributed by atoms with Gasteiger partial charge < -0.3 is 9.72 Å². The van der Waals surface area contributed by atoms with Gasteiger partial charge in [-0.15, -0.1) is 0 Å². The van der Waals surface area contributed by atoms with E-state index in [-0.39, 0.29) is 0 Å². The molecule has 1 aliphatic carbocycles. The van der Waals surface area contributed by atoms with E-state index in [2.05, 4.69) is 27.1 Å². The first-order valence-electron chi connectivity index (χ1n) is 6.99. The minimum absolute atomic E-state index is 0.531. The molecule has 0 unspecified atom stereocenters. The number of H-pyrrole nitrogens is 1. The van der Waals surface area contributed by atoms with Gasteiger partial charge in [0.05, 0.1) is 22.9 Å². The Labute approximate surface area is 113 Å². The zero-order valence-electron chi connectivity index (χ0n) is 11.9. The number of rotatable bonds is 3. The second-order valence-corrected chi connectivity index (χ2v) is 4.14. The van der Waals surface area contributed by atoms with Crippen molar-refractivity contribution in [2.24, 2.45) is 0 Å². The maximum atomic E-state index is 5.36. The average molecular weight is 259 g/mol. The van der Waals surface area contributed by atoms with Gasteiger partial charge in [-0.2, -0.15) is 0 Å². The summed E-state index contributed by atoms with van der Waals surface area (Å²) in [5.41, 5.74) is 4.31. The molecule has 0 amide bonds. The SMILES string of the molecule is CC.CCOCc1nc2c3c(ncc2[nH]1)CCC=C3. The normalized spacial score (nSPS) is 13.0. The molecule has 0 bridgehead atoms. The summed E-state index contributed by atoms with van der Waals surface area (Å²) in [5, 5.41) is 0. The first kappa shape index (κ1) is 13.7. The first-order chi connectivity index (χ1) is 9.38. The first-order valence-corrected chi connectivity index (χ1v) is 6.99. The number of fused-ring (bicyclic) bond motifs is 3. The van der Waals surface area contributed by atoms with E-state index in [0.717, 1.165) is 41.0 Å². The van der Waals surface area contributed by atoms with E-state index in [1.165, 1.54) is 0 Å². The molecule has 0 spiro atoms. The second kappa shape index (κ2) is 6.48. The molecule has 102 valence electrons. The summed E-state index contributed by atoms with van der Waals surface area (Å²) in [6.07, 6.45) is 8.26. The highest BCUT2D eigenvalue weighted by atomic mass is 16.5. The van der Waals surface area contributed by atoms with Crippen LogP contribution in [-0.2, 0) is 17.8 Å². The number of aromatic nitrogens is 3. The number of imidazole rings is 1. The fourth-order valence-corrected chi connectivity index (χ4v) is 2.15. The Bertz CT molecular complexity index is 572. The highest BCUT2D eigenvalue weighted by Gasteiger charge is 2.13. The number of aromatic amines is 1. The van der Waals surface area contributed by atoms with Gasteiger partial charge in [-0.1, -0.05) is 26.0 Å². The molecule has 0 aliphatic heterocycles. The quantitative estimate of drug-likeness (QED) is 0.918. The van der Waals surface area contributed by atoms with E-state index in [4.69, 9.17) is 4.74 Å². The molecule has 2 aromatic rings. The van der Waals surface area contributed by atoms with Crippen molar-refractivity contribution in [3.63, 3.8) is 0 Å². The van der Waals surface area contributed by atoms with Crippen LogP contribution in [0.25, 0.3) is 17.1 Å². The molecule has 0 atom stereocenters. The minimum Gasteiger partial charge on any atom is -0.374 e. The zero-order chi connectivity index (χ0) is 13.7. The number of nitrogens with one attached hydrogen (secondary N) is 1. The van der Waals surface area contributed by atoms with E-state index < -0.39 is 0 Å². The molecule has 19 heavy (non-hydrogen) atoms. The van der Waals surface area contributed by atoms with E-state index >= 15 is 0 Å². The molecule has 0 saturated carbocycles. The summed E-state index contributed by atoms with van der Waals surface area (Å²) in [6.45, 7) is 7.21. The Morgan fingerprint density at radius 1 is 1.37 bits per heavy atom. The standard InChI is InChI=1S/C13H15N3O.C2H6/c1-2-17-8-12-15-11-7-14-10-6-4-3-5-9(10)13(11)16-12;1-2/h3,5,7H,2,4,6,8H2,1H3,(H,15,16);1-2H3. The smallest absolute Gasteiger partial charge is 0.133 e. The van der Waals surface area contributed by atoms with Gasteiger partial charge in [0.25, 0.3) is 0 Å². The van der Waals surface area contributed by atoms with Crippen LogP contribution in [0.1, 0.15) is 44.3 Å². The lowest BCUT2D eigenvalue weighted by atomic mass is 10.0. The highest BCUT2D eigenvalue weighted by Crippen LogP contribution is 2.24. The molecule has 1 aliphatic rings. The number of aryl methyl sites for hydroxylation is 1. The predicted octanol–water partition coefficient (Wildman–Crippen LogP) is 3.48. The number of pyridine rings is 1. The van der Waals surface area contributed by atoms with Crippen molar-refractivity contribution in [3.05, 3.63) is 29.4 Å². The number of ether oxygens (including phenoxy) is 1. The molecule has 3 rings (SSSR count). The monoisotopic (exact) mass is 259 g/mol. The summed E-state index contributed by atoms with van der Waals surface area (Å²) >= 11 is 0. The van der Waals surface area contributed by atoms with Crippen LogP contribution >= 0.6 is 0 Å². The van der Waals surface area contributed by atoms with Gasteiger partial charge in [-0.3, -0.25) is 4.98 Å². The molecular formula is C15H21N3O. The fourth-order valence-electron chi connectivity index (χ4n) is 2.15. The van der Waals surface area contributed by atoms with Crippen LogP contribution in [0, 0.1) is 0 Å². The fraction of sp³-hybridized carbons (Fsp3) is 0.467. The van der Waals surface area contributed by atoms with Gasteiger partial charge in [0.1, 0.15) is 12.4 Å². The lowest BCUT2D eigenvalue weighted by Gasteiger charge is -2.08. The largest absolute Gasteiger partial charge is 0.374 e. The minimum atomic E-state index is 0.531. The number of hydrogen-bond acceptors (Lipinski definition) is 3. The van der Waals surface area contributed by atoms with Crippen LogP contribution in [0.3, 0.4) is 0 Å². The summed E-state index contributed by atoms with van der Waals surface area (Å²) in [6, 6.07) is 0. The van der Waals surface area contributed by atoms with Crippen LogP contribution in [-0.4, -0.2) is 21.6 Å². The van der Waals surface area contributed by atoms with Gasteiger partial charge in [0.2, 0.25) is 0 Å². The number of nitrogens with zero attached hydrogens (tertiary/aromatic N) is 2. The molecule has 0 radical (unpaired) electrons. The van der Waals surface area contributed by atoms with Crippen molar-refractivity contribution in [1.82, 2.24) is 15.0 Å². The van der Waals surface area contributed by atoms with Crippen molar-refractivity contribution in [2.45, 2.75) is 40.2 Å². The summed E-state index contributed by atoms with van der Waals surface area (Å²) in [5.74, 6) is 0.871. The van der Waals surface area contributed by atoms with Crippen LogP contribution in [0.4, 0.5) is 0 Å². The molecule has 1 N–H and O–H groups in total. The molecule has 2 heterocycles. The van der Waals surface area contributed by atoms with Gasteiger partial charge in [0, 0.05) is 12.2 Å². The number of hydrogen-bond donors (Lipinski definition) is 1. The van der Waals surface area contributed by atoms with Crippen molar-refractivity contribution < 1.29 is 4.74 Å². The van der Waals surface area contributed by atoms with Crippen molar-refractivity contribution >= 4 is 17.1 Å². The van der Waals surface area contributed by atoms with E-state index in [9.17, 15) is 0 Å². The second-order valence-electron chi connectivity index (χ2n) is 4.14. The van der Waals surface area contributed by atoms with Gasteiger partial charge in [-0.25, -0.2) is 4.98 Å². The third-order valence-corrected chi connectivity index (χ3v) is 2.97. The molecule has 4 heteroatoms.